The predicted octanol–water partition coefficient (Wildman–Crippen LogP) is 2.78. The van der Waals surface area contributed by atoms with Crippen LogP contribution in [0.2, 0.25) is 0 Å². The Morgan fingerprint density at radius 2 is 1.78 bits per heavy atom. The minimum absolute atomic E-state index is 0.0790. The third kappa shape index (κ3) is 2.96. The Labute approximate surface area is 115 Å². The first kappa shape index (κ1) is 14.8. The number of carbonyl (C=O) groups excluding carboxylic acids is 1. The Morgan fingerprint density at radius 1 is 1.28 bits per heavy atom. The van der Waals surface area contributed by atoms with Gasteiger partial charge in [0, 0.05) is 10.9 Å². The van der Waals surface area contributed by atoms with Gasteiger partial charge in [0.05, 0.1) is 0 Å². The van der Waals surface area contributed by atoms with Gasteiger partial charge in [0.25, 0.3) is 5.91 Å². The summed E-state index contributed by atoms with van der Waals surface area (Å²) in [6.45, 7) is 3.96. The highest BCUT2D eigenvalue weighted by Gasteiger charge is 2.29. The van der Waals surface area contributed by atoms with Crippen molar-refractivity contribution in [3.8, 4) is 11.5 Å². The van der Waals surface area contributed by atoms with Crippen molar-refractivity contribution in [2.45, 2.75) is 32.2 Å². The van der Waals surface area contributed by atoms with Gasteiger partial charge in [-0.1, -0.05) is 35.8 Å². The Balaban J connectivity index is 3.02. The summed E-state index contributed by atoms with van der Waals surface area (Å²) in [6, 6.07) is 4.24. The average molecular weight is 316 g/mol. The molecular formula is C13H18BrNO3. The van der Waals surface area contributed by atoms with Crippen LogP contribution in [0.25, 0.3) is 0 Å². The van der Waals surface area contributed by atoms with Crippen LogP contribution in [0.1, 0.15) is 37.0 Å². The van der Waals surface area contributed by atoms with Gasteiger partial charge in [-0.3, -0.25) is 4.79 Å². The lowest BCUT2D eigenvalue weighted by Crippen LogP contribution is -2.49. The zero-order chi connectivity index (χ0) is 13.8. The Kier molecular flexibility index (Phi) is 5.02. The second-order valence-corrected chi connectivity index (χ2v) is 4.81. The number of hydrogen-bond donors (Lipinski definition) is 3. The molecule has 0 unspecified atom stereocenters. The molecule has 4 nitrogen and oxygen atoms in total. The molecule has 0 aliphatic carbocycles. The normalized spacial score (nSPS) is 11.3. The molecule has 0 aliphatic rings. The number of carbonyl (C=O) groups is 1. The van der Waals surface area contributed by atoms with E-state index in [1.807, 2.05) is 13.8 Å². The first-order chi connectivity index (χ1) is 8.49. The van der Waals surface area contributed by atoms with Gasteiger partial charge in [-0.2, -0.15) is 0 Å². The fourth-order valence-corrected chi connectivity index (χ4v) is 2.65. The summed E-state index contributed by atoms with van der Waals surface area (Å²) in [6.07, 6.45) is 1.52. The van der Waals surface area contributed by atoms with E-state index in [9.17, 15) is 15.0 Å². The van der Waals surface area contributed by atoms with Crippen LogP contribution in [-0.2, 0) is 0 Å². The molecule has 0 heterocycles. The van der Waals surface area contributed by atoms with Crippen LogP contribution in [0.3, 0.4) is 0 Å². The molecule has 0 bridgehead atoms. The number of phenolic OH excluding ortho intramolecular Hbond substituents is 2. The van der Waals surface area contributed by atoms with Crippen LogP contribution in [0.15, 0.2) is 18.2 Å². The topological polar surface area (TPSA) is 69.6 Å². The molecule has 1 aromatic rings. The van der Waals surface area contributed by atoms with Gasteiger partial charge < -0.3 is 15.5 Å². The van der Waals surface area contributed by atoms with E-state index in [0.29, 0.717) is 5.33 Å². The van der Waals surface area contributed by atoms with E-state index >= 15 is 0 Å². The van der Waals surface area contributed by atoms with Crippen molar-refractivity contribution in [3.63, 3.8) is 0 Å². The number of amides is 1. The maximum absolute atomic E-state index is 12.1. The maximum atomic E-state index is 12.1. The van der Waals surface area contributed by atoms with Crippen molar-refractivity contribution in [2.75, 3.05) is 5.33 Å². The van der Waals surface area contributed by atoms with E-state index in [-0.39, 0.29) is 22.6 Å². The van der Waals surface area contributed by atoms with Crippen LogP contribution < -0.4 is 5.32 Å². The molecule has 3 N–H and O–H groups in total. The largest absolute Gasteiger partial charge is 0.507 e. The molecule has 0 aromatic heterocycles. The van der Waals surface area contributed by atoms with Crippen LogP contribution >= 0.6 is 15.9 Å². The van der Waals surface area contributed by atoms with Crippen molar-refractivity contribution in [2.24, 2.45) is 0 Å². The number of halogens is 1. The minimum Gasteiger partial charge on any atom is -0.507 e. The summed E-state index contributed by atoms with van der Waals surface area (Å²) in [7, 11) is 0. The van der Waals surface area contributed by atoms with Crippen LogP contribution in [0.5, 0.6) is 11.5 Å². The fraction of sp³-hybridized carbons (Fsp3) is 0.462. The maximum Gasteiger partial charge on any atom is 0.259 e. The van der Waals surface area contributed by atoms with E-state index < -0.39 is 5.91 Å². The highest BCUT2D eigenvalue weighted by Crippen LogP contribution is 2.27. The third-order valence-corrected chi connectivity index (χ3v) is 4.31. The van der Waals surface area contributed by atoms with Crippen molar-refractivity contribution in [1.82, 2.24) is 5.32 Å². The first-order valence-corrected chi connectivity index (χ1v) is 7.01. The number of hydrogen-bond acceptors (Lipinski definition) is 3. The molecule has 100 valence electrons. The van der Waals surface area contributed by atoms with Gasteiger partial charge in [0.2, 0.25) is 0 Å². The molecule has 0 spiro atoms. The number of rotatable bonds is 5. The van der Waals surface area contributed by atoms with Gasteiger partial charge in [0.15, 0.2) is 0 Å². The van der Waals surface area contributed by atoms with Crippen LogP contribution in [-0.4, -0.2) is 27.0 Å². The Morgan fingerprint density at radius 3 is 2.17 bits per heavy atom. The molecule has 0 aliphatic heterocycles. The van der Waals surface area contributed by atoms with E-state index in [1.165, 1.54) is 18.2 Å². The summed E-state index contributed by atoms with van der Waals surface area (Å²) in [5.41, 5.74) is -0.448. The average Bonchev–Trinajstić information content (AvgIpc) is 2.36. The summed E-state index contributed by atoms with van der Waals surface area (Å²) < 4.78 is 0. The zero-order valence-corrected chi connectivity index (χ0v) is 12.1. The lowest BCUT2D eigenvalue weighted by atomic mass is 9.95. The van der Waals surface area contributed by atoms with Gasteiger partial charge in [-0.25, -0.2) is 0 Å². The number of benzene rings is 1. The van der Waals surface area contributed by atoms with Crippen molar-refractivity contribution >= 4 is 21.8 Å². The zero-order valence-electron chi connectivity index (χ0n) is 10.5. The van der Waals surface area contributed by atoms with Gasteiger partial charge in [-0.05, 0) is 25.0 Å². The first-order valence-electron chi connectivity index (χ1n) is 5.89. The van der Waals surface area contributed by atoms with E-state index in [0.717, 1.165) is 12.8 Å². The number of aromatic hydroxyl groups is 2. The number of alkyl halides is 1. The summed E-state index contributed by atoms with van der Waals surface area (Å²) in [5, 5.41) is 22.8. The summed E-state index contributed by atoms with van der Waals surface area (Å²) >= 11 is 3.39. The lowest BCUT2D eigenvalue weighted by Gasteiger charge is -2.31. The van der Waals surface area contributed by atoms with Crippen molar-refractivity contribution in [1.29, 1.82) is 0 Å². The minimum atomic E-state index is -0.464. The third-order valence-electron chi connectivity index (χ3n) is 3.24. The van der Waals surface area contributed by atoms with Crippen LogP contribution in [0, 0.1) is 0 Å². The van der Waals surface area contributed by atoms with Gasteiger partial charge >= 0.3 is 0 Å². The van der Waals surface area contributed by atoms with Gasteiger partial charge in [0.1, 0.15) is 17.1 Å². The molecule has 0 saturated heterocycles. The monoisotopic (exact) mass is 315 g/mol. The molecule has 0 fully saturated rings. The molecule has 0 atom stereocenters. The molecular weight excluding hydrogens is 298 g/mol. The van der Waals surface area contributed by atoms with E-state index in [1.54, 1.807) is 0 Å². The fourth-order valence-electron chi connectivity index (χ4n) is 1.71. The summed E-state index contributed by atoms with van der Waals surface area (Å²) in [4.78, 5) is 12.1. The second kappa shape index (κ2) is 6.09. The standard InChI is InChI=1S/C13H18BrNO3/c1-3-13(4-2,8-14)15-12(18)11-9(16)6-5-7-10(11)17/h5-7,16-17H,3-4,8H2,1-2H3,(H,15,18). The SMILES string of the molecule is CCC(CC)(CBr)NC(=O)c1c(O)cccc1O. The molecule has 0 radical (unpaired) electrons. The van der Waals surface area contributed by atoms with Gasteiger partial charge in [-0.15, -0.1) is 0 Å². The van der Waals surface area contributed by atoms with Crippen molar-refractivity contribution in [3.05, 3.63) is 23.8 Å². The lowest BCUT2D eigenvalue weighted by molar-refractivity contribution is 0.0898. The summed E-state index contributed by atoms with van der Waals surface area (Å²) in [5.74, 6) is -0.903. The Bertz CT molecular complexity index is 402. The Hall–Kier alpha value is -1.23. The highest BCUT2D eigenvalue weighted by atomic mass is 79.9. The number of nitrogens with one attached hydrogen (secondary N) is 1. The molecule has 1 rings (SSSR count). The van der Waals surface area contributed by atoms with E-state index in [4.69, 9.17) is 0 Å². The highest BCUT2D eigenvalue weighted by molar-refractivity contribution is 9.09. The van der Waals surface area contributed by atoms with Crippen LogP contribution in [0.4, 0.5) is 0 Å². The molecule has 5 heteroatoms. The molecule has 18 heavy (non-hydrogen) atoms. The molecule has 1 aromatic carbocycles. The quantitative estimate of drug-likeness (QED) is 0.732. The molecule has 0 saturated carbocycles. The predicted molar refractivity (Wildman–Crippen MR) is 74.3 cm³/mol. The van der Waals surface area contributed by atoms with E-state index in [2.05, 4.69) is 21.2 Å². The molecule has 1 amide bonds. The second-order valence-electron chi connectivity index (χ2n) is 4.25. The smallest absolute Gasteiger partial charge is 0.259 e. The van der Waals surface area contributed by atoms with Crippen molar-refractivity contribution < 1.29 is 15.0 Å². The number of phenols is 2.